The molecule has 0 nitrogen and oxygen atoms in total. The van der Waals surface area contributed by atoms with Crippen molar-refractivity contribution in [2.75, 3.05) is 0 Å². The van der Waals surface area contributed by atoms with Gasteiger partial charge in [0.25, 0.3) is 0 Å². The van der Waals surface area contributed by atoms with Crippen LogP contribution in [0.2, 0.25) is 5.02 Å². The highest BCUT2D eigenvalue weighted by Crippen LogP contribution is 2.32. The van der Waals surface area contributed by atoms with Crippen LogP contribution < -0.4 is 15.9 Å². The van der Waals surface area contributed by atoms with Crippen molar-refractivity contribution in [3.05, 3.63) is 126 Å². The fourth-order valence-corrected chi connectivity index (χ4v) is 5.36. The van der Waals surface area contributed by atoms with E-state index >= 15 is 0 Å². The molecule has 0 saturated heterocycles. The van der Waals surface area contributed by atoms with Gasteiger partial charge in [0.15, 0.2) is 0 Å². The summed E-state index contributed by atoms with van der Waals surface area (Å²) < 4.78 is 0. The van der Waals surface area contributed by atoms with Crippen LogP contribution in [0.5, 0.6) is 0 Å². The smallest absolute Gasteiger partial charge is 0.0474 e. The minimum atomic E-state index is -0.446. The Morgan fingerprint density at radius 1 is 0.500 bits per heavy atom. The number of hydrogen-bond donors (Lipinski definition) is 0. The van der Waals surface area contributed by atoms with Crippen LogP contribution in [0, 0.1) is 0 Å². The molecular formula is C25H21Cl2P. The highest BCUT2D eigenvalue weighted by molar-refractivity contribution is 7.79. The van der Waals surface area contributed by atoms with E-state index in [-0.39, 0.29) is 0 Å². The molecule has 0 radical (unpaired) electrons. The van der Waals surface area contributed by atoms with Crippen molar-refractivity contribution in [3.63, 3.8) is 0 Å². The van der Waals surface area contributed by atoms with E-state index in [0.29, 0.717) is 5.88 Å². The van der Waals surface area contributed by atoms with Gasteiger partial charge in [0.2, 0.25) is 0 Å². The molecule has 4 aromatic rings. The van der Waals surface area contributed by atoms with E-state index in [0.717, 1.165) is 10.6 Å². The largest absolute Gasteiger partial charge is 0.122 e. The van der Waals surface area contributed by atoms with Gasteiger partial charge in [-0.25, -0.2) is 0 Å². The van der Waals surface area contributed by atoms with Crippen molar-refractivity contribution >= 4 is 47.0 Å². The first-order valence-electron chi connectivity index (χ1n) is 9.03. The summed E-state index contributed by atoms with van der Waals surface area (Å²) in [7, 11) is -0.446. The molecule has 0 unspecified atom stereocenters. The van der Waals surface area contributed by atoms with E-state index in [4.69, 9.17) is 23.2 Å². The molecule has 0 amide bonds. The molecule has 140 valence electrons. The molecule has 3 heteroatoms. The fourth-order valence-electron chi connectivity index (χ4n) is 2.75. The number of halogens is 2. The lowest BCUT2D eigenvalue weighted by molar-refractivity contribution is 1.40. The van der Waals surface area contributed by atoms with Crippen molar-refractivity contribution in [2.24, 2.45) is 0 Å². The molecular weight excluding hydrogens is 402 g/mol. The van der Waals surface area contributed by atoms with Gasteiger partial charge in [-0.1, -0.05) is 115 Å². The predicted octanol–water partition coefficient (Wildman–Crippen LogP) is 6.52. The van der Waals surface area contributed by atoms with E-state index in [1.54, 1.807) is 0 Å². The first-order valence-corrected chi connectivity index (χ1v) is 11.3. The third-order valence-corrected chi connectivity index (χ3v) is 7.11. The Hall–Kier alpha value is -2.11. The van der Waals surface area contributed by atoms with Gasteiger partial charge in [0, 0.05) is 10.9 Å². The zero-order valence-corrected chi connectivity index (χ0v) is 17.8. The summed E-state index contributed by atoms with van der Waals surface area (Å²) >= 11 is 11.2. The first-order chi connectivity index (χ1) is 13.8. The standard InChI is InChI=1S/C18H15P.C7H6Cl2/c1-4-10-16(11-5-1)19(17-12-6-2-7-13-17)18-14-8-3-9-15-18;8-5-6-1-3-7(9)4-2-6/h1-15H;1-4H,5H2. The molecule has 4 aromatic carbocycles. The minimum absolute atomic E-state index is 0.446. The molecule has 0 aliphatic heterocycles. The van der Waals surface area contributed by atoms with Crippen molar-refractivity contribution < 1.29 is 0 Å². The highest BCUT2D eigenvalue weighted by Gasteiger charge is 2.14. The molecule has 0 spiro atoms. The van der Waals surface area contributed by atoms with Gasteiger partial charge in [-0.05, 0) is 41.5 Å². The normalized spacial score (nSPS) is 10.2. The number of rotatable bonds is 4. The van der Waals surface area contributed by atoms with Gasteiger partial charge in [-0.15, -0.1) is 11.6 Å². The molecule has 0 heterocycles. The van der Waals surface area contributed by atoms with E-state index in [2.05, 4.69) is 91.0 Å². The van der Waals surface area contributed by atoms with Crippen LogP contribution >= 0.6 is 31.1 Å². The highest BCUT2D eigenvalue weighted by atomic mass is 35.5. The summed E-state index contributed by atoms with van der Waals surface area (Å²) in [6, 6.07) is 39.8. The third-order valence-electron chi connectivity index (χ3n) is 4.11. The van der Waals surface area contributed by atoms with Gasteiger partial charge >= 0.3 is 0 Å². The zero-order chi connectivity index (χ0) is 19.6. The second-order valence-corrected chi connectivity index (χ2v) is 9.03. The quantitative estimate of drug-likeness (QED) is 0.259. The Morgan fingerprint density at radius 2 is 0.857 bits per heavy atom. The zero-order valence-electron chi connectivity index (χ0n) is 15.4. The summed E-state index contributed by atoms with van der Waals surface area (Å²) in [5.41, 5.74) is 1.10. The van der Waals surface area contributed by atoms with Crippen molar-refractivity contribution in [1.82, 2.24) is 0 Å². The Bertz CT molecular complexity index is 846. The molecule has 0 fully saturated rings. The molecule has 28 heavy (non-hydrogen) atoms. The lowest BCUT2D eigenvalue weighted by Crippen LogP contribution is -2.20. The second kappa shape index (κ2) is 11.0. The third kappa shape index (κ3) is 5.94. The van der Waals surface area contributed by atoms with Crippen molar-refractivity contribution in [3.8, 4) is 0 Å². The van der Waals surface area contributed by atoms with Crippen molar-refractivity contribution in [1.29, 1.82) is 0 Å². The lowest BCUT2D eigenvalue weighted by atomic mass is 10.2. The minimum Gasteiger partial charge on any atom is -0.122 e. The lowest BCUT2D eigenvalue weighted by Gasteiger charge is -2.18. The number of alkyl halides is 1. The molecule has 0 bridgehead atoms. The average Bonchev–Trinajstić information content (AvgIpc) is 2.77. The van der Waals surface area contributed by atoms with Crippen LogP contribution in [0.25, 0.3) is 0 Å². The monoisotopic (exact) mass is 422 g/mol. The van der Waals surface area contributed by atoms with Crippen LogP contribution in [0.4, 0.5) is 0 Å². The molecule has 0 N–H and O–H groups in total. The topological polar surface area (TPSA) is 0 Å². The van der Waals surface area contributed by atoms with Crippen LogP contribution in [-0.4, -0.2) is 0 Å². The summed E-state index contributed by atoms with van der Waals surface area (Å²) in [6.07, 6.45) is 0. The summed E-state index contributed by atoms with van der Waals surface area (Å²) in [4.78, 5) is 0. The molecule has 0 saturated carbocycles. The first kappa shape index (κ1) is 20.6. The van der Waals surface area contributed by atoms with E-state index in [9.17, 15) is 0 Å². The van der Waals surface area contributed by atoms with Crippen LogP contribution in [0.1, 0.15) is 5.56 Å². The van der Waals surface area contributed by atoms with Crippen LogP contribution in [0.15, 0.2) is 115 Å². The van der Waals surface area contributed by atoms with Gasteiger partial charge in [0.05, 0.1) is 0 Å². The fraction of sp³-hybridized carbons (Fsp3) is 0.0400. The summed E-state index contributed by atoms with van der Waals surface area (Å²) in [5.74, 6) is 0.553. The predicted molar refractivity (Wildman–Crippen MR) is 126 cm³/mol. The van der Waals surface area contributed by atoms with Crippen LogP contribution in [0.3, 0.4) is 0 Å². The molecule has 0 aliphatic carbocycles. The Balaban J connectivity index is 0.000000211. The maximum Gasteiger partial charge on any atom is 0.0474 e. The van der Waals surface area contributed by atoms with E-state index in [1.165, 1.54) is 15.9 Å². The average molecular weight is 423 g/mol. The van der Waals surface area contributed by atoms with Gasteiger partial charge < -0.3 is 0 Å². The van der Waals surface area contributed by atoms with Gasteiger partial charge in [0.1, 0.15) is 0 Å². The molecule has 0 aliphatic rings. The Morgan fingerprint density at radius 3 is 1.18 bits per heavy atom. The van der Waals surface area contributed by atoms with E-state index in [1.807, 2.05) is 24.3 Å². The molecule has 0 atom stereocenters. The number of benzene rings is 4. The summed E-state index contributed by atoms with van der Waals surface area (Å²) in [5, 5.41) is 4.95. The van der Waals surface area contributed by atoms with Gasteiger partial charge in [-0.3, -0.25) is 0 Å². The molecule has 4 rings (SSSR count). The number of hydrogen-bond acceptors (Lipinski definition) is 0. The Kier molecular flexibility index (Phi) is 8.12. The van der Waals surface area contributed by atoms with Crippen molar-refractivity contribution in [2.45, 2.75) is 5.88 Å². The Labute approximate surface area is 178 Å². The maximum atomic E-state index is 5.63. The van der Waals surface area contributed by atoms with Crippen LogP contribution in [-0.2, 0) is 5.88 Å². The molecule has 0 aromatic heterocycles. The van der Waals surface area contributed by atoms with Gasteiger partial charge in [-0.2, -0.15) is 0 Å². The SMILES string of the molecule is ClCc1ccc(Cl)cc1.c1ccc(P(c2ccccc2)c2ccccc2)cc1. The second-order valence-electron chi connectivity index (χ2n) is 6.10. The van der Waals surface area contributed by atoms with E-state index < -0.39 is 7.92 Å². The maximum absolute atomic E-state index is 5.63. The summed E-state index contributed by atoms with van der Waals surface area (Å²) in [6.45, 7) is 0.